The maximum Gasteiger partial charge on any atom is 0.319 e. The van der Waals surface area contributed by atoms with Gasteiger partial charge in [-0.1, -0.05) is 12.1 Å². The minimum atomic E-state index is -0.227. The Labute approximate surface area is 122 Å². The van der Waals surface area contributed by atoms with Gasteiger partial charge in [0.2, 0.25) is 0 Å². The Morgan fingerprint density at radius 3 is 2.70 bits per heavy atom. The molecule has 5 nitrogen and oxygen atoms in total. The highest BCUT2D eigenvalue weighted by Gasteiger charge is 2.05. The summed E-state index contributed by atoms with van der Waals surface area (Å²) in [5.74, 6) is 0. The lowest BCUT2D eigenvalue weighted by Gasteiger charge is -2.11. The fourth-order valence-corrected chi connectivity index (χ4v) is 2.25. The van der Waals surface area contributed by atoms with Gasteiger partial charge >= 0.3 is 6.03 Å². The molecule has 1 aromatic carbocycles. The number of nitrogens with one attached hydrogen (secondary N) is 3. The second kappa shape index (κ2) is 7.02. The lowest BCUT2D eigenvalue weighted by Crippen LogP contribution is -2.28. The van der Waals surface area contributed by atoms with E-state index in [1.165, 1.54) is 16.9 Å². The van der Waals surface area contributed by atoms with Crippen molar-refractivity contribution in [2.24, 2.45) is 0 Å². The number of nitrogens with zero attached hydrogens (tertiary/aromatic N) is 1. The van der Waals surface area contributed by atoms with E-state index in [9.17, 15) is 4.79 Å². The molecule has 6 heteroatoms. The summed E-state index contributed by atoms with van der Waals surface area (Å²) in [5, 5.41) is 11.5. The lowest BCUT2D eigenvalue weighted by atomic mass is 10.1. The molecule has 2 rings (SSSR count). The molecule has 0 fully saturated rings. The summed E-state index contributed by atoms with van der Waals surface area (Å²) in [6.45, 7) is 2.53. The summed E-state index contributed by atoms with van der Waals surface area (Å²) in [4.78, 5) is 15.8. The van der Waals surface area contributed by atoms with Crippen LogP contribution in [0.15, 0.2) is 35.8 Å². The summed E-state index contributed by atoms with van der Waals surface area (Å²) in [5.41, 5.74) is 1.95. The number of aromatic nitrogens is 1. The van der Waals surface area contributed by atoms with E-state index in [-0.39, 0.29) is 6.03 Å². The van der Waals surface area contributed by atoms with Crippen molar-refractivity contribution in [1.82, 2.24) is 15.6 Å². The topological polar surface area (TPSA) is 66.0 Å². The third-order valence-electron chi connectivity index (χ3n) is 2.99. The maximum absolute atomic E-state index is 11.7. The average Bonchev–Trinajstić information content (AvgIpc) is 2.98. The van der Waals surface area contributed by atoms with Gasteiger partial charge in [-0.15, -0.1) is 11.3 Å². The molecule has 0 aliphatic carbocycles. The Morgan fingerprint density at radius 2 is 2.10 bits per heavy atom. The van der Waals surface area contributed by atoms with Gasteiger partial charge in [0.1, 0.15) is 5.01 Å². The average molecular weight is 290 g/mol. The largest absolute Gasteiger partial charge is 0.331 e. The van der Waals surface area contributed by atoms with Crippen molar-refractivity contribution < 1.29 is 4.79 Å². The minimum Gasteiger partial charge on any atom is -0.331 e. The van der Waals surface area contributed by atoms with Crippen LogP contribution in [0.4, 0.5) is 10.5 Å². The Kier molecular flexibility index (Phi) is 5.09. The minimum absolute atomic E-state index is 0.227. The molecular formula is C14H18N4OS. The van der Waals surface area contributed by atoms with Crippen LogP contribution in [0.25, 0.3) is 0 Å². The molecule has 106 valence electrons. The Hall–Kier alpha value is -1.92. The number of carbonyl (C=O) groups is 1. The summed E-state index contributed by atoms with van der Waals surface area (Å²) in [7, 11) is 1.92. The number of thiazole rings is 1. The molecule has 3 N–H and O–H groups in total. The molecule has 2 aromatic rings. The van der Waals surface area contributed by atoms with Crippen LogP contribution in [0.2, 0.25) is 0 Å². The van der Waals surface area contributed by atoms with E-state index in [4.69, 9.17) is 0 Å². The van der Waals surface area contributed by atoms with Crippen LogP contribution in [0.5, 0.6) is 0 Å². The quantitative estimate of drug-likeness (QED) is 0.793. The van der Waals surface area contributed by atoms with Gasteiger partial charge in [0.05, 0.1) is 6.54 Å². The zero-order valence-electron chi connectivity index (χ0n) is 11.5. The first-order valence-electron chi connectivity index (χ1n) is 6.39. The fourth-order valence-electron chi connectivity index (χ4n) is 1.69. The molecule has 1 heterocycles. The van der Waals surface area contributed by atoms with Crippen LogP contribution in [0.3, 0.4) is 0 Å². The molecule has 0 saturated carbocycles. The molecule has 0 aliphatic rings. The fraction of sp³-hybridized carbons (Fsp3) is 0.286. The second-order valence-electron chi connectivity index (χ2n) is 4.37. The summed E-state index contributed by atoms with van der Waals surface area (Å²) in [6.07, 6.45) is 1.72. The highest BCUT2D eigenvalue weighted by Crippen LogP contribution is 2.15. The van der Waals surface area contributed by atoms with Crippen LogP contribution in [0.1, 0.15) is 23.5 Å². The predicted molar refractivity (Wildman–Crippen MR) is 81.9 cm³/mol. The van der Waals surface area contributed by atoms with E-state index >= 15 is 0 Å². The molecule has 2 amide bonds. The zero-order valence-corrected chi connectivity index (χ0v) is 12.3. The van der Waals surface area contributed by atoms with Crippen molar-refractivity contribution in [1.29, 1.82) is 0 Å². The molecule has 0 radical (unpaired) electrons. The molecule has 1 aromatic heterocycles. The Morgan fingerprint density at radius 1 is 1.35 bits per heavy atom. The van der Waals surface area contributed by atoms with Gasteiger partial charge < -0.3 is 16.0 Å². The molecule has 1 unspecified atom stereocenters. The van der Waals surface area contributed by atoms with Crippen molar-refractivity contribution >= 4 is 23.1 Å². The predicted octanol–water partition coefficient (Wildman–Crippen LogP) is 2.75. The van der Waals surface area contributed by atoms with Crippen LogP contribution in [0, 0.1) is 0 Å². The highest BCUT2D eigenvalue weighted by atomic mass is 32.1. The summed E-state index contributed by atoms with van der Waals surface area (Å²) in [6, 6.07) is 7.85. The first kappa shape index (κ1) is 14.5. The van der Waals surface area contributed by atoms with Crippen molar-refractivity contribution in [2.75, 3.05) is 12.4 Å². The van der Waals surface area contributed by atoms with E-state index in [1.54, 1.807) is 6.20 Å². The van der Waals surface area contributed by atoms with Crippen molar-refractivity contribution in [3.63, 3.8) is 0 Å². The third kappa shape index (κ3) is 4.04. The summed E-state index contributed by atoms with van der Waals surface area (Å²) >= 11 is 1.52. The molecule has 0 aliphatic heterocycles. The number of urea groups is 1. The molecule has 0 saturated heterocycles. The zero-order chi connectivity index (χ0) is 14.4. The van der Waals surface area contributed by atoms with Gasteiger partial charge in [0.15, 0.2) is 0 Å². The van der Waals surface area contributed by atoms with E-state index in [2.05, 4.69) is 27.9 Å². The number of amides is 2. The lowest BCUT2D eigenvalue weighted by molar-refractivity contribution is 0.251. The van der Waals surface area contributed by atoms with Crippen LogP contribution < -0.4 is 16.0 Å². The number of hydrogen-bond acceptors (Lipinski definition) is 4. The first-order chi connectivity index (χ1) is 9.69. The van der Waals surface area contributed by atoms with Gasteiger partial charge in [-0.05, 0) is 31.7 Å². The van der Waals surface area contributed by atoms with E-state index in [0.717, 1.165) is 10.7 Å². The smallest absolute Gasteiger partial charge is 0.319 e. The van der Waals surface area contributed by atoms with Crippen LogP contribution in [-0.2, 0) is 6.54 Å². The second-order valence-corrected chi connectivity index (χ2v) is 5.35. The molecule has 0 bridgehead atoms. The number of rotatable bonds is 5. The van der Waals surface area contributed by atoms with Crippen LogP contribution in [-0.4, -0.2) is 18.1 Å². The number of hydrogen-bond donors (Lipinski definition) is 3. The van der Waals surface area contributed by atoms with Gasteiger partial charge in [0, 0.05) is 23.3 Å². The van der Waals surface area contributed by atoms with E-state index < -0.39 is 0 Å². The molecule has 20 heavy (non-hydrogen) atoms. The van der Waals surface area contributed by atoms with E-state index in [0.29, 0.717) is 12.6 Å². The van der Waals surface area contributed by atoms with Crippen molar-refractivity contribution in [3.05, 3.63) is 46.4 Å². The van der Waals surface area contributed by atoms with Gasteiger partial charge in [-0.3, -0.25) is 0 Å². The first-order valence-corrected chi connectivity index (χ1v) is 7.27. The van der Waals surface area contributed by atoms with Gasteiger partial charge in [0.25, 0.3) is 0 Å². The van der Waals surface area contributed by atoms with Gasteiger partial charge in [-0.25, -0.2) is 9.78 Å². The van der Waals surface area contributed by atoms with E-state index in [1.807, 2.05) is 36.7 Å². The molecular weight excluding hydrogens is 272 g/mol. The molecule has 1 atom stereocenters. The monoisotopic (exact) mass is 290 g/mol. The summed E-state index contributed by atoms with van der Waals surface area (Å²) < 4.78 is 0. The highest BCUT2D eigenvalue weighted by molar-refractivity contribution is 7.09. The maximum atomic E-state index is 11.7. The normalized spacial score (nSPS) is 11.9. The van der Waals surface area contributed by atoms with Crippen molar-refractivity contribution in [2.45, 2.75) is 19.5 Å². The standard InChI is InChI=1S/C14H18N4OS/c1-10(15-2)11-3-5-12(6-4-11)18-14(19)17-9-13-16-7-8-20-13/h3-8,10,15H,9H2,1-2H3,(H2,17,18,19). The van der Waals surface area contributed by atoms with Crippen molar-refractivity contribution in [3.8, 4) is 0 Å². The van der Waals surface area contributed by atoms with Crippen LogP contribution >= 0.6 is 11.3 Å². The SMILES string of the molecule is CNC(C)c1ccc(NC(=O)NCc2nccs2)cc1. The number of benzene rings is 1. The Balaban J connectivity index is 1.84. The molecule has 0 spiro atoms. The number of anilines is 1. The number of carbonyl (C=O) groups excluding carboxylic acids is 1. The van der Waals surface area contributed by atoms with Gasteiger partial charge in [-0.2, -0.15) is 0 Å². The Bertz CT molecular complexity index is 539. The third-order valence-corrected chi connectivity index (χ3v) is 3.76.